The molecular formula is C32H26O2S2. The highest BCUT2D eigenvalue weighted by Crippen LogP contribution is 2.56. The fraction of sp³-hybridized carbons (Fsp3) is 0.156. The van der Waals surface area contributed by atoms with Gasteiger partial charge in [-0.25, -0.2) is 0 Å². The zero-order chi connectivity index (χ0) is 24.5. The molecule has 0 saturated carbocycles. The topological polar surface area (TPSA) is 34.1 Å². The quantitative estimate of drug-likeness (QED) is 0.266. The summed E-state index contributed by atoms with van der Waals surface area (Å²) in [6.45, 7) is 0. The highest BCUT2D eigenvalue weighted by atomic mass is 32.3. The normalized spacial score (nSPS) is 24.2. The standard InChI is InChI=1S/C32H26O2S2/c33-30-29(28(24-17-9-3-10-18-24)25-19-11-4-12-20-25)27(31-35-32(30)36(31)34)21-26(22-13-5-1-6-14-22)23-15-7-2-8-16-23/h1-21,26,28-29,31-32H/b27-21-/t29-,31+,32-,36?/m1/s1. The maximum atomic E-state index is 14.0. The van der Waals surface area contributed by atoms with Crippen LogP contribution in [0.15, 0.2) is 133 Å². The third-order valence-electron chi connectivity index (χ3n) is 7.17. The Hall–Kier alpha value is -3.21. The van der Waals surface area contributed by atoms with E-state index in [9.17, 15) is 9.00 Å². The lowest BCUT2D eigenvalue weighted by Crippen LogP contribution is -2.53. The predicted octanol–water partition coefficient (Wildman–Crippen LogP) is 6.92. The lowest BCUT2D eigenvalue weighted by Gasteiger charge is -2.47. The minimum atomic E-state index is -1.18. The fourth-order valence-electron chi connectivity index (χ4n) is 5.47. The van der Waals surface area contributed by atoms with Crippen molar-refractivity contribution in [1.82, 2.24) is 0 Å². The Morgan fingerprint density at radius 3 is 1.44 bits per heavy atom. The molecule has 0 aromatic heterocycles. The Kier molecular flexibility index (Phi) is 6.47. The molecule has 4 atom stereocenters. The first-order valence-electron chi connectivity index (χ1n) is 12.2. The van der Waals surface area contributed by atoms with Gasteiger partial charge in [0.25, 0.3) is 0 Å². The van der Waals surface area contributed by atoms with E-state index in [-0.39, 0.29) is 28.1 Å². The van der Waals surface area contributed by atoms with E-state index in [0.717, 1.165) is 27.8 Å². The predicted molar refractivity (Wildman–Crippen MR) is 149 cm³/mol. The number of carbonyl (C=O) groups is 1. The van der Waals surface area contributed by atoms with Crippen LogP contribution in [-0.4, -0.2) is 19.2 Å². The van der Waals surface area contributed by atoms with Crippen molar-refractivity contribution in [3.05, 3.63) is 155 Å². The summed E-state index contributed by atoms with van der Waals surface area (Å²) in [6, 6.07) is 41.4. The van der Waals surface area contributed by atoms with Crippen molar-refractivity contribution in [3.63, 3.8) is 0 Å². The van der Waals surface area contributed by atoms with Crippen LogP contribution >= 0.6 is 11.8 Å². The SMILES string of the molecule is O=C1[C@@H](C(c2ccccc2)c2ccccc2)/C(=C/C(c2ccccc2)c2ccccc2)[C@H]2S[C@@H]1S2=O. The van der Waals surface area contributed by atoms with Crippen LogP contribution < -0.4 is 0 Å². The first-order chi connectivity index (χ1) is 17.7. The average molecular weight is 507 g/mol. The highest BCUT2D eigenvalue weighted by Gasteiger charge is 2.57. The van der Waals surface area contributed by atoms with Crippen LogP contribution in [-0.2, 0) is 15.6 Å². The van der Waals surface area contributed by atoms with Crippen molar-refractivity contribution in [1.29, 1.82) is 0 Å². The van der Waals surface area contributed by atoms with Crippen LogP contribution in [0.25, 0.3) is 0 Å². The van der Waals surface area contributed by atoms with E-state index >= 15 is 0 Å². The largest absolute Gasteiger partial charge is 0.297 e. The molecule has 0 N–H and O–H groups in total. The number of rotatable bonds is 6. The van der Waals surface area contributed by atoms with Gasteiger partial charge in [-0.3, -0.25) is 9.00 Å². The molecule has 4 aromatic rings. The summed E-state index contributed by atoms with van der Waals surface area (Å²) in [6.07, 6.45) is 2.25. The van der Waals surface area contributed by atoms with Crippen LogP contribution in [0.2, 0.25) is 0 Å². The van der Waals surface area contributed by atoms with E-state index in [4.69, 9.17) is 0 Å². The first kappa shape index (κ1) is 23.2. The molecule has 2 nitrogen and oxygen atoms in total. The van der Waals surface area contributed by atoms with Crippen molar-refractivity contribution in [2.45, 2.75) is 21.0 Å². The van der Waals surface area contributed by atoms with Gasteiger partial charge in [0, 0.05) is 11.8 Å². The number of Topliss-reactive ketones (excluding diaryl/α,β-unsaturated/α-hetero) is 1. The van der Waals surface area contributed by atoms with E-state index in [1.807, 2.05) is 48.5 Å². The van der Waals surface area contributed by atoms with Gasteiger partial charge < -0.3 is 0 Å². The van der Waals surface area contributed by atoms with Gasteiger partial charge in [-0.2, -0.15) is 0 Å². The molecule has 1 unspecified atom stereocenters. The smallest absolute Gasteiger partial charge is 0.166 e. The zero-order valence-corrected chi connectivity index (χ0v) is 21.3. The van der Waals surface area contributed by atoms with E-state index < -0.39 is 15.4 Å². The van der Waals surface area contributed by atoms with Gasteiger partial charge in [0.05, 0.1) is 16.7 Å². The van der Waals surface area contributed by atoms with E-state index in [1.165, 1.54) is 0 Å². The summed E-state index contributed by atoms with van der Waals surface area (Å²) in [5.74, 6) is -0.412. The number of ketones is 1. The van der Waals surface area contributed by atoms with Gasteiger partial charge in [-0.15, -0.1) is 11.8 Å². The maximum absolute atomic E-state index is 14.0. The Morgan fingerprint density at radius 2 is 1.03 bits per heavy atom. The van der Waals surface area contributed by atoms with Gasteiger partial charge in [-0.05, 0) is 27.8 Å². The minimum absolute atomic E-state index is 0.0281. The average Bonchev–Trinajstić information content (AvgIpc) is 2.94. The number of hydrogen-bond acceptors (Lipinski definition) is 3. The third-order valence-corrected chi connectivity index (χ3v) is 11.3. The van der Waals surface area contributed by atoms with Gasteiger partial charge in [-0.1, -0.05) is 127 Å². The molecule has 0 aliphatic carbocycles. The monoisotopic (exact) mass is 506 g/mol. The van der Waals surface area contributed by atoms with Crippen LogP contribution in [0.4, 0.5) is 0 Å². The summed E-state index contributed by atoms with van der Waals surface area (Å²) >= 11 is 1.57. The number of carbonyl (C=O) groups excluding carboxylic acids is 1. The minimum Gasteiger partial charge on any atom is -0.297 e. The molecule has 3 heterocycles. The molecule has 36 heavy (non-hydrogen) atoms. The fourth-order valence-corrected chi connectivity index (χ4v) is 8.83. The van der Waals surface area contributed by atoms with Crippen molar-refractivity contribution >= 4 is 28.3 Å². The van der Waals surface area contributed by atoms with Gasteiger partial charge in [0.1, 0.15) is 9.16 Å². The summed E-state index contributed by atoms with van der Waals surface area (Å²) in [4.78, 5) is 14.0. The molecular weight excluding hydrogens is 480 g/mol. The zero-order valence-electron chi connectivity index (χ0n) is 19.6. The number of thioether (sulfide) groups is 1. The van der Waals surface area contributed by atoms with Crippen molar-refractivity contribution in [3.8, 4) is 0 Å². The summed E-state index contributed by atoms with van der Waals surface area (Å²) < 4.78 is 12.6. The molecule has 0 spiro atoms. The van der Waals surface area contributed by atoms with E-state index in [2.05, 4.69) is 78.9 Å². The van der Waals surface area contributed by atoms with Crippen molar-refractivity contribution in [2.75, 3.05) is 0 Å². The van der Waals surface area contributed by atoms with Crippen LogP contribution in [0.1, 0.15) is 34.1 Å². The van der Waals surface area contributed by atoms with Crippen LogP contribution in [0.3, 0.4) is 0 Å². The molecule has 3 aliphatic rings. The lowest BCUT2D eigenvalue weighted by atomic mass is 9.73. The first-order valence-corrected chi connectivity index (χ1v) is 14.4. The maximum Gasteiger partial charge on any atom is 0.166 e. The van der Waals surface area contributed by atoms with Crippen molar-refractivity contribution < 1.29 is 9.00 Å². The Morgan fingerprint density at radius 1 is 0.611 bits per heavy atom. The molecule has 3 aliphatic heterocycles. The molecule has 2 bridgehead atoms. The van der Waals surface area contributed by atoms with E-state index in [1.54, 1.807) is 11.8 Å². The van der Waals surface area contributed by atoms with Gasteiger partial charge in [0.15, 0.2) is 5.78 Å². The Balaban J connectivity index is 1.54. The summed E-state index contributed by atoms with van der Waals surface area (Å²) in [7, 11) is -1.18. The lowest BCUT2D eigenvalue weighted by molar-refractivity contribution is -0.120. The van der Waals surface area contributed by atoms with Gasteiger partial charge in [0.2, 0.25) is 0 Å². The molecule has 7 rings (SSSR count). The molecule has 0 radical (unpaired) electrons. The molecule has 4 heteroatoms. The number of benzene rings is 4. The van der Waals surface area contributed by atoms with Crippen LogP contribution in [0, 0.1) is 5.92 Å². The Labute approximate surface area is 218 Å². The third kappa shape index (κ3) is 4.19. The molecule has 178 valence electrons. The van der Waals surface area contributed by atoms with E-state index in [0.29, 0.717) is 0 Å². The highest BCUT2D eigenvalue weighted by molar-refractivity contribution is 8.28. The summed E-state index contributed by atoms with van der Waals surface area (Å²) in [5.41, 5.74) is 5.55. The Bertz CT molecular complexity index is 1320. The molecule has 0 amide bonds. The molecule has 3 fully saturated rings. The van der Waals surface area contributed by atoms with Crippen LogP contribution in [0.5, 0.6) is 0 Å². The second-order valence-electron chi connectivity index (χ2n) is 9.27. The number of allylic oxidation sites excluding steroid dienone is 1. The second kappa shape index (κ2) is 10.0. The van der Waals surface area contributed by atoms with Gasteiger partial charge >= 0.3 is 0 Å². The molecule has 4 aromatic carbocycles. The summed E-state index contributed by atoms with van der Waals surface area (Å²) in [5, 5.41) is 0. The molecule has 3 saturated heterocycles. The van der Waals surface area contributed by atoms with Crippen molar-refractivity contribution in [2.24, 2.45) is 5.92 Å². The second-order valence-corrected chi connectivity index (χ2v) is 12.7. The number of hydrogen-bond donors (Lipinski definition) is 0. The number of fused-ring (bicyclic) bond motifs is 2.